The summed E-state index contributed by atoms with van der Waals surface area (Å²) in [5, 5.41) is 9.51. The van der Waals surface area contributed by atoms with Gasteiger partial charge in [-0.3, -0.25) is 0 Å². The quantitative estimate of drug-likeness (QED) is 0.698. The molecule has 0 aliphatic rings. The first-order valence-corrected chi connectivity index (χ1v) is 5.38. The van der Waals surface area contributed by atoms with E-state index in [4.69, 9.17) is 16.9 Å². The summed E-state index contributed by atoms with van der Waals surface area (Å²) in [5.74, 6) is 0.969. The topological polar surface area (TPSA) is 23.8 Å². The van der Waals surface area contributed by atoms with Crippen LogP contribution in [-0.2, 0) is 0 Å². The maximum Gasteiger partial charge on any atom is 0.100 e. The van der Waals surface area contributed by atoms with Crippen LogP contribution in [0, 0.1) is 18.3 Å². The van der Waals surface area contributed by atoms with Crippen molar-refractivity contribution in [1.29, 1.82) is 5.26 Å². The monoisotopic (exact) mass is 211 g/mol. The second-order valence-electron chi connectivity index (χ2n) is 2.64. The van der Waals surface area contributed by atoms with Crippen molar-refractivity contribution < 1.29 is 0 Å². The lowest BCUT2D eigenvalue weighted by Crippen LogP contribution is -1.87. The molecular weight excluding hydrogens is 202 g/mol. The van der Waals surface area contributed by atoms with Crippen LogP contribution in [0.25, 0.3) is 0 Å². The highest BCUT2D eigenvalue weighted by Gasteiger charge is 2.06. The lowest BCUT2D eigenvalue weighted by atomic mass is 10.1. The number of thioether (sulfide) groups is 1. The van der Waals surface area contributed by atoms with Crippen LogP contribution in [0.5, 0.6) is 0 Å². The van der Waals surface area contributed by atoms with Gasteiger partial charge in [0, 0.05) is 9.92 Å². The zero-order chi connectivity index (χ0) is 9.84. The third kappa shape index (κ3) is 2.40. The minimum absolute atomic E-state index is 0.634. The molecule has 0 atom stereocenters. The Hall–Kier alpha value is -0.650. The molecule has 1 aromatic rings. The first-order chi connectivity index (χ1) is 6.19. The molecule has 0 bridgehead atoms. The number of halogens is 1. The predicted molar refractivity (Wildman–Crippen MR) is 57.3 cm³/mol. The molecule has 0 amide bonds. The molecule has 0 saturated carbocycles. The van der Waals surface area contributed by atoms with E-state index in [0.29, 0.717) is 10.6 Å². The molecule has 0 aliphatic heterocycles. The van der Waals surface area contributed by atoms with E-state index in [0.717, 1.165) is 16.2 Å². The predicted octanol–water partition coefficient (Wildman–Crippen LogP) is 3.63. The molecule has 0 N–H and O–H groups in total. The summed E-state index contributed by atoms with van der Waals surface area (Å²) in [6.07, 6.45) is 0. The Labute approximate surface area is 87.7 Å². The molecule has 0 aromatic heterocycles. The molecule has 0 heterocycles. The van der Waals surface area contributed by atoms with Gasteiger partial charge in [-0.15, -0.1) is 11.8 Å². The van der Waals surface area contributed by atoms with Crippen LogP contribution >= 0.6 is 23.4 Å². The molecule has 0 spiro atoms. The molecule has 3 heteroatoms. The minimum atomic E-state index is 0.634. The van der Waals surface area contributed by atoms with E-state index in [2.05, 4.69) is 13.0 Å². The smallest absolute Gasteiger partial charge is 0.100 e. The van der Waals surface area contributed by atoms with Crippen molar-refractivity contribution in [3.63, 3.8) is 0 Å². The zero-order valence-corrected chi connectivity index (χ0v) is 9.17. The van der Waals surface area contributed by atoms with Crippen LogP contribution in [0.3, 0.4) is 0 Å². The molecule has 0 unspecified atom stereocenters. The van der Waals surface area contributed by atoms with Gasteiger partial charge in [0.25, 0.3) is 0 Å². The fourth-order valence-electron chi connectivity index (χ4n) is 1.15. The average Bonchev–Trinajstić information content (AvgIpc) is 2.09. The average molecular weight is 212 g/mol. The molecule has 0 aliphatic carbocycles. The Morgan fingerprint density at radius 2 is 2.23 bits per heavy atom. The normalized spacial score (nSPS) is 9.69. The van der Waals surface area contributed by atoms with Crippen LogP contribution in [-0.4, -0.2) is 5.75 Å². The van der Waals surface area contributed by atoms with Crippen LogP contribution in [0.4, 0.5) is 0 Å². The van der Waals surface area contributed by atoms with Crippen molar-refractivity contribution in [3.05, 3.63) is 28.3 Å². The van der Waals surface area contributed by atoms with Crippen molar-refractivity contribution in [1.82, 2.24) is 0 Å². The third-order valence-corrected chi connectivity index (χ3v) is 2.99. The molecule has 0 saturated heterocycles. The van der Waals surface area contributed by atoms with Gasteiger partial charge in [0.15, 0.2) is 0 Å². The van der Waals surface area contributed by atoms with E-state index in [-0.39, 0.29) is 0 Å². The number of nitriles is 1. The Kier molecular flexibility index (Phi) is 3.65. The molecular formula is C10H10ClNS. The molecule has 0 radical (unpaired) electrons. The number of rotatable bonds is 2. The van der Waals surface area contributed by atoms with E-state index >= 15 is 0 Å². The molecule has 68 valence electrons. The maximum atomic E-state index is 8.87. The first kappa shape index (κ1) is 10.4. The van der Waals surface area contributed by atoms with Gasteiger partial charge in [0.1, 0.15) is 6.07 Å². The Morgan fingerprint density at radius 1 is 1.54 bits per heavy atom. The summed E-state index contributed by atoms with van der Waals surface area (Å²) in [6, 6.07) is 5.76. The lowest BCUT2D eigenvalue weighted by Gasteiger charge is -2.06. The number of hydrogen-bond donors (Lipinski definition) is 0. The fraction of sp³-hybridized carbons (Fsp3) is 0.300. The highest BCUT2D eigenvalue weighted by Crippen LogP contribution is 2.28. The van der Waals surface area contributed by atoms with E-state index in [1.165, 1.54) is 0 Å². The van der Waals surface area contributed by atoms with E-state index in [9.17, 15) is 0 Å². The van der Waals surface area contributed by atoms with Crippen molar-refractivity contribution in [2.24, 2.45) is 0 Å². The number of benzene rings is 1. The lowest BCUT2D eigenvalue weighted by molar-refractivity contribution is 1.26. The summed E-state index contributed by atoms with van der Waals surface area (Å²) in [4.78, 5) is 1.05. The summed E-state index contributed by atoms with van der Waals surface area (Å²) in [7, 11) is 0. The van der Waals surface area contributed by atoms with Crippen molar-refractivity contribution in [2.45, 2.75) is 18.7 Å². The Morgan fingerprint density at radius 3 is 2.77 bits per heavy atom. The summed E-state index contributed by atoms with van der Waals surface area (Å²) in [5.41, 5.74) is 1.76. The SMILES string of the molecule is CCSc1c(C)cc(Cl)cc1C#N. The standard InChI is InChI=1S/C10H10ClNS/c1-3-13-10-7(2)4-9(11)5-8(10)6-12/h4-5H,3H2,1-2H3. The number of aryl methyl sites for hydroxylation is 1. The highest BCUT2D eigenvalue weighted by molar-refractivity contribution is 7.99. The summed E-state index contributed by atoms with van der Waals surface area (Å²) in [6.45, 7) is 4.05. The van der Waals surface area contributed by atoms with Gasteiger partial charge < -0.3 is 0 Å². The molecule has 0 fully saturated rings. The Balaban J connectivity index is 3.23. The summed E-state index contributed by atoms with van der Waals surface area (Å²) < 4.78 is 0. The van der Waals surface area contributed by atoms with Crippen LogP contribution in [0.1, 0.15) is 18.1 Å². The summed E-state index contributed by atoms with van der Waals surface area (Å²) >= 11 is 7.52. The van der Waals surface area contributed by atoms with Gasteiger partial charge in [-0.1, -0.05) is 18.5 Å². The molecule has 1 aromatic carbocycles. The Bertz CT molecular complexity index is 355. The van der Waals surface area contributed by atoms with Crippen molar-refractivity contribution >= 4 is 23.4 Å². The van der Waals surface area contributed by atoms with Gasteiger partial charge in [0.05, 0.1) is 5.56 Å². The first-order valence-electron chi connectivity index (χ1n) is 4.02. The van der Waals surface area contributed by atoms with Gasteiger partial charge >= 0.3 is 0 Å². The van der Waals surface area contributed by atoms with Gasteiger partial charge in [-0.25, -0.2) is 0 Å². The minimum Gasteiger partial charge on any atom is -0.192 e. The fourth-order valence-corrected chi connectivity index (χ4v) is 2.26. The second kappa shape index (κ2) is 4.55. The molecule has 1 rings (SSSR count). The second-order valence-corrected chi connectivity index (χ2v) is 4.35. The number of hydrogen-bond acceptors (Lipinski definition) is 2. The van der Waals surface area contributed by atoms with E-state index < -0.39 is 0 Å². The van der Waals surface area contributed by atoms with Crippen LogP contribution < -0.4 is 0 Å². The van der Waals surface area contributed by atoms with Crippen molar-refractivity contribution in [3.8, 4) is 6.07 Å². The van der Waals surface area contributed by atoms with Gasteiger partial charge in [-0.05, 0) is 30.4 Å². The van der Waals surface area contributed by atoms with Gasteiger partial charge in [-0.2, -0.15) is 5.26 Å². The van der Waals surface area contributed by atoms with Crippen molar-refractivity contribution in [2.75, 3.05) is 5.75 Å². The maximum absolute atomic E-state index is 8.87. The van der Waals surface area contributed by atoms with E-state index in [1.807, 2.05) is 13.0 Å². The molecule has 13 heavy (non-hydrogen) atoms. The van der Waals surface area contributed by atoms with Gasteiger partial charge in [0.2, 0.25) is 0 Å². The third-order valence-electron chi connectivity index (χ3n) is 1.65. The van der Waals surface area contributed by atoms with E-state index in [1.54, 1.807) is 17.8 Å². The number of nitrogens with zero attached hydrogens (tertiary/aromatic N) is 1. The highest BCUT2D eigenvalue weighted by atomic mass is 35.5. The van der Waals surface area contributed by atoms with Crippen LogP contribution in [0.15, 0.2) is 17.0 Å². The largest absolute Gasteiger partial charge is 0.192 e. The van der Waals surface area contributed by atoms with Crippen LogP contribution in [0.2, 0.25) is 5.02 Å². The molecule has 1 nitrogen and oxygen atoms in total. The zero-order valence-electron chi connectivity index (χ0n) is 7.60.